The number of hydrogen-bond donors (Lipinski definition) is 3. The number of nitrogens with zero attached hydrogens (tertiary/aromatic N) is 1. The summed E-state index contributed by atoms with van der Waals surface area (Å²) in [6.07, 6.45) is -0.162. The molecule has 200 valence electrons. The van der Waals surface area contributed by atoms with Crippen LogP contribution in [0.25, 0.3) is 11.1 Å². The number of carbonyl (C=O) groups excluding carboxylic acids is 2. The van der Waals surface area contributed by atoms with Crippen molar-refractivity contribution >= 4 is 11.9 Å². The molecule has 0 radical (unpaired) electrons. The minimum Gasteiger partial charge on any atom is -0.391 e. The molecule has 1 unspecified atom stereocenters. The minimum atomic E-state index is -0.955. The van der Waals surface area contributed by atoms with Gasteiger partial charge in [0.15, 0.2) is 0 Å². The van der Waals surface area contributed by atoms with Gasteiger partial charge in [-0.15, -0.1) is 0 Å². The van der Waals surface area contributed by atoms with E-state index in [0.717, 1.165) is 17.2 Å². The molecule has 0 bridgehead atoms. The molecule has 6 nitrogen and oxygen atoms in total. The van der Waals surface area contributed by atoms with E-state index in [0.29, 0.717) is 18.5 Å². The highest BCUT2D eigenvalue weighted by Crippen LogP contribution is 2.42. The highest BCUT2D eigenvalue weighted by atomic mass is 19.1. The third kappa shape index (κ3) is 5.99. The van der Waals surface area contributed by atoms with E-state index < -0.39 is 35.0 Å². The van der Waals surface area contributed by atoms with E-state index in [1.807, 2.05) is 19.1 Å². The van der Waals surface area contributed by atoms with Gasteiger partial charge in [-0.1, -0.05) is 36.4 Å². The SMILES string of the molecule is C[C@@H](c1ccc(-c2ccc(F)cc2F)cc1)N1CC[C@](CC(O)CNC(N)=O)(c2ccc(F)cc2)CC1=O. The maximum absolute atomic E-state index is 14.2. The highest BCUT2D eigenvalue weighted by Gasteiger charge is 2.43. The smallest absolute Gasteiger partial charge is 0.312 e. The van der Waals surface area contributed by atoms with Crippen LogP contribution in [0, 0.1) is 17.5 Å². The topological polar surface area (TPSA) is 95.7 Å². The van der Waals surface area contributed by atoms with Crippen LogP contribution in [-0.2, 0) is 10.2 Å². The Hall–Kier alpha value is -3.85. The number of nitrogens with two attached hydrogens (primary N) is 1. The van der Waals surface area contributed by atoms with Crippen LogP contribution in [0.5, 0.6) is 0 Å². The molecule has 4 N–H and O–H groups in total. The van der Waals surface area contributed by atoms with Gasteiger partial charge in [-0.3, -0.25) is 4.79 Å². The van der Waals surface area contributed by atoms with E-state index in [2.05, 4.69) is 5.32 Å². The molecule has 1 aliphatic heterocycles. The van der Waals surface area contributed by atoms with Crippen LogP contribution in [0.3, 0.4) is 0 Å². The molecule has 0 spiro atoms. The zero-order valence-electron chi connectivity index (χ0n) is 21.0. The summed E-state index contributed by atoms with van der Waals surface area (Å²) in [6, 6.07) is 15.4. The molecule has 0 aromatic heterocycles. The van der Waals surface area contributed by atoms with Crippen molar-refractivity contribution < 1.29 is 27.9 Å². The summed E-state index contributed by atoms with van der Waals surface area (Å²) in [5.74, 6) is -1.83. The van der Waals surface area contributed by atoms with Crippen molar-refractivity contribution in [2.24, 2.45) is 5.73 Å². The number of nitrogens with one attached hydrogen (secondary N) is 1. The third-order valence-corrected chi connectivity index (χ3v) is 7.34. The summed E-state index contributed by atoms with van der Waals surface area (Å²) in [6.45, 7) is 2.23. The van der Waals surface area contributed by atoms with Crippen molar-refractivity contribution in [2.75, 3.05) is 13.1 Å². The first kappa shape index (κ1) is 27.2. The highest BCUT2D eigenvalue weighted by molar-refractivity contribution is 5.79. The number of rotatable bonds is 8. The number of halogens is 3. The summed E-state index contributed by atoms with van der Waals surface area (Å²) < 4.78 is 41.1. The Morgan fingerprint density at radius 3 is 2.32 bits per heavy atom. The number of benzene rings is 3. The Bertz CT molecular complexity index is 1300. The first-order valence-electron chi connectivity index (χ1n) is 12.4. The van der Waals surface area contributed by atoms with Crippen molar-refractivity contribution in [3.8, 4) is 11.1 Å². The second kappa shape index (κ2) is 11.3. The molecule has 1 fully saturated rings. The molecule has 3 atom stereocenters. The van der Waals surface area contributed by atoms with Crippen LogP contribution in [0.15, 0.2) is 66.7 Å². The molecule has 9 heteroatoms. The van der Waals surface area contributed by atoms with E-state index in [4.69, 9.17) is 5.73 Å². The number of hydrogen-bond acceptors (Lipinski definition) is 3. The number of aliphatic hydroxyl groups is 1. The van der Waals surface area contributed by atoms with E-state index in [9.17, 15) is 27.9 Å². The van der Waals surface area contributed by atoms with Crippen LogP contribution in [0.1, 0.15) is 43.4 Å². The van der Waals surface area contributed by atoms with Crippen molar-refractivity contribution in [1.29, 1.82) is 0 Å². The zero-order chi connectivity index (χ0) is 27.4. The first-order chi connectivity index (χ1) is 18.1. The van der Waals surface area contributed by atoms with Crippen molar-refractivity contribution in [3.05, 3.63) is 95.3 Å². The maximum atomic E-state index is 14.2. The van der Waals surface area contributed by atoms with Gasteiger partial charge in [0, 0.05) is 36.6 Å². The fourth-order valence-electron chi connectivity index (χ4n) is 5.28. The van der Waals surface area contributed by atoms with Crippen molar-refractivity contribution in [3.63, 3.8) is 0 Å². The summed E-state index contributed by atoms with van der Waals surface area (Å²) in [5.41, 5.74) is 6.85. The van der Waals surface area contributed by atoms with Crippen molar-refractivity contribution in [2.45, 2.75) is 43.7 Å². The molecular formula is C29H30F3N3O3. The number of amides is 3. The predicted octanol–water partition coefficient (Wildman–Crippen LogP) is 4.81. The van der Waals surface area contributed by atoms with Gasteiger partial charge in [0.1, 0.15) is 17.5 Å². The number of aliphatic hydroxyl groups excluding tert-OH is 1. The third-order valence-electron chi connectivity index (χ3n) is 7.34. The molecule has 1 heterocycles. The van der Waals surface area contributed by atoms with Crippen LogP contribution in [0.2, 0.25) is 0 Å². The fraction of sp³-hybridized carbons (Fsp3) is 0.310. The van der Waals surface area contributed by atoms with Crippen LogP contribution >= 0.6 is 0 Å². The number of likely N-dealkylation sites (tertiary alicyclic amines) is 1. The normalized spacial score (nSPS) is 19.2. The van der Waals surface area contributed by atoms with Crippen molar-refractivity contribution in [1.82, 2.24) is 10.2 Å². The second-order valence-electron chi connectivity index (χ2n) is 9.83. The summed E-state index contributed by atoms with van der Waals surface area (Å²) >= 11 is 0. The quantitative estimate of drug-likeness (QED) is 0.394. The Balaban J connectivity index is 1.52. The molecule has 3 aromatic rings. The molecule has 38 heavy (non-hydrogen) atoms. The molecule has 1 aliphatic rings. The van der Waals surface area contributed by atoms with Crippen LogP contribution in [-0.4, -0.2) is 41.1 Å². The lowest BCUT2D eigenvalue weighted by Crippen LogP contribution is -2.49. The Kier molecular flexibility index (Phi) is 8.06. The largest absolute Gasteiger partial charge is 0.391 e. The molecule has 0 saturated carbocycles. The number of primary amides is 1. The van der Waals surface area contributed by atoms with Gasteiger partial charge >= 0.3 is 6.03 Å². The first-order valence-corrected chi connectivity index (χ1v) is 12.4. The van der Waals surface area contributed by atoms with Gasteiger partial charge in [-0.05, 0) is 60.7 Å². The van der Waals surface area contributed by atoms with E-state index in [1.165, 1.54) is 24.3 Å². The summed E-state index contributed by atoms with van der Waals surface area (Å²) in [5, 5.41) is 13.0. The van der Waals surface area contributed by atoms with E-state index in [-0.39, 0.29) is 36.9 Å². The lowest BCUT2D eigenvalue weighted by molar-refractivity contribution is -0.139. The minimum absolute atomic E-state index is 0.0619. The van der Waals surface area contributed by atoms with Gasteiger partial charge in [-0.25, -0.2) is 18.0 Å². The molecule has 3 aromatic carbocycles. The van der Waals surface area contributed by atoms with E-state index in [1.54, 1.807) is 29.2 Å². The Morgan fingerprint density at radius 1 is 1.05 bits per heavy atom. The van der Waals surface area contributed by atoms with Gasteiger partial charge in [0.05, 0.1) is 12.1 Å². The lowest BCUT2D eigenvalue weighted by Gasteiger charge is -2.44. The van der Waals surface area contributed by atoms with Gasteiger partial charge in [-0.2, -0.15) is 0 Å². The Morgan fingerprint density at radius 2 is 1.71 bits per heavy atom. The number of piperidine rings is 1. The average molecular weight is 526 g/mol. The predicted molar refractivity (Wildman–Crippen MR) is 137 cm³/mol. The summed E-state index contributed by atoms with van der Waals surface area (Å²) in [4.78, 5) is 26.3. The molecule has 0 aliphatic carbocycles. The van der Waals surface area contributed by atoms with Crippen LogP contribution < -0.4 is 11.1 Å². The number of urea groups is 1. The standard InChI is InChI=1S/C29H30F3N3O3/c1-18(19-2-4-20(5-3-19)25-11-10-23(31)14-26(25)32)35-13-12-29(16-27(35)37,15-24(36)17-34-28(33)38)21-6-8-22(30)9-7-21/h2-11,14,18,24,36H,12-13,15-17H2,1H3,(H3,33,34,38)/t18-,24?,29+/m0/s1. The van der Waals surface area contributed by atoms with Crippen LogP contribution in [0.4, 0.5) is 18.0 Å². The molecule has 1 saturated heterocycles. The Labute approximate surface area is 219 Å². The fourth-order valence-corrected chi connectivity index (χ4v) is 5.28. The molecule has 4 rings (SSSR count). The van der Waals surface area contributed by atoms with Gasteiger partial charge in [0.25, 0.3) is 0 Å². The maximum Gasteiger partial charge on any atom is 0.312 e. The van der Waals surface area contributed by atoms with E-state index >= 15 is 0 Å². The monoisotopic (exact) mass is 525 g/mol. The second-order valence-corrected chi connectivity index (χ2v) is 9.83. The van der Waals surface area contributed by atoms with Gasteiger partial charge < -0.3 is 21.1 Å². The molecular weight excluding hydrogens is 495 g/mol. The average Bonchev–Trinajstić information content (AvgIpc) is 2.88. The zero-order valence-corrected chi connectivity index (χ0v) is 21.0. The number of carbonyl (C=O) groups is 2. The molecule has 3 amide bonds. The van der Waals surface area contributed by atoms with Gasteiger partial charge in [0.2, 0.25) is 5.91 Å². The lowest BCUT2D eigenvalue weighted by atomic mass is 9.68. The summed E-state index contributed by atoms with van der Waals surface area (Å²) in [7, 11) is 0.